The molecule has 1 aliphatic rings. The number of nitrogens with one attached hydrogen (secondary N) is 1. The van der Waals surface area contributed by atoms with Gasteiger partial charge in [0, 0.05) is 0 Å². The van der Waals surface area contributed by atoms with Gasteiger partial charge in [0.25, 0.3) is 5.91 Å². The van der Waals surface area contributed by atoms with Gasteiger partial charge in [-0.2, -0.15) is 0 Å². The van der Waals surface area contributed by atoms with Crippen molar-refractivity contribution in [2.75, 3.05) is 18.1 Å². The molecule has 6 heteroatoms. The van der Waals surface area contributed by atoms with Gasteiger partial charge in [0.1, 0.15) is 18.1 Å². The Morgan fingerprint density at radius 3 is 3.00 bits per heavy atom. The topological polar surface area (TPSA) is 71.8 Å². The summed E-state index contributed by atoms with van der Waals surface area (Å²) in [5, 5.41) is 2.73. The molecule has 0 spiro atoms. The van der Waals surface area contributed by atoms with Gasteiger partial charge in [-0.15, -0.1) is 0 Å². The number of rotatable bonds is 4. The van der Waals surface area contributed by atoms with Gasteiger partial charge in [-0.3, -0.25) is 14.5 Å². The summed E-state index contributed by atoms with van der Waals surface area (Å²) in [5.41, 5.74) is 1.66. The van der Waals surface area contributed by atoms with Crippen LogP contribution in [-0.4, -0.2) is 25.0 Å². The number of amides is 2. The summed E-state index contributed by atoms with van der Waals surface area (Å²) in [6.07, 6.45) is 1.55. The van der Waals surface area contributed by atoms with E-state index in [0.717, 1.165) is 5.56 Å². The van der Waals surface area contributed by atoms with Crippen molar-refractivity contribution in [3.8, 4) is 5.75 Å². The number of nitrogens with zero attached hydrogens (tertiary/aromatic N) is 1. The molecule has 1 aliphatic heterocycles. The van der Waals surface area contributed by atoms with Crippen LogP contribution in [0.1, 0.15) is 11.3 Å². The smallest absolute Gasteiger partial charge is 0.265 e. The molecule has 0 saturated carbocycles. The highest BCUT2D eigenvalue weighted by molar-refractivity contribution is 6.02. The van der Waals surface area contributed by atoms with Gasteiger partial charge in [0.15, 0.2) is 6.61 Å². The minimum absolute atomic E-state index is 0.0427. The number of fused-ring (bicyclic) bond motifs is 1. The molecular weight excluding hydrogens is 284 g/mol. The minimum Gasteiger partial charge on any atom is -0.482 e. The zero-order chi connectivity index (χ0) is 15.5. The van der Waals surface area contributed by atoms with E-state index in [2.05, 4.69) is 5.32 Å². The number of hydrogen-bond donors (Lipinski definition) is 1. The van der Waals surface area contributed by atoms with Crippen molar-refractivity contribution in [2.24, 2.45) is 0 Å². The number of ether oxygens (including phenoxy) is 1. The van der Waals surface area contributed by atoms with E-state index in [-0.39, 0.29) is 25.0 Å². The molecule has 114 valence electrons. The van der Waals surface area contributed by atoms with Crippen molar-refractivity contribution < 1.29 is 18.7 Å². The summed E-state index contributed by atoms with van der Waals surface area (Å²) in [4.78, 5) is 25.5. The van der Waals surface area contributed by atoms with Crippen LogP contribution in [0.5, 0.6) is 5.75 Å². The first-order valence-electron chi connectivity index (χ1n) is 6.96. The van der Waals surface area contributed by atoms with Crippen molar-refractivity contribution in [3.05, 3.63) is 47.9 Å². The number of carbonyl (C=O) groups excluding carboxylic acids is 2. The number of furan rings is 1. The fraction of sp³-hybridized carbons (Fsp3) is 0.250. The SMILES string of the molecule is Cc1ccc2c(c1)OCC(=O)N2CC(=O)NCc1ccco1. The molecule has 0 saturated heterocycles. The van der Waals surface area contributed by atoms with Crippen LogP contribution in [0.15, 0.2) is 41.0 Å². The average Bonchev–Trinajstić information content (AvgIpc) is 3.01. The van der Waals surface area contributed by atoms with Crippen LogP contribution < -0.4 is 15.0 Å². The molecule has 1 N–H and O–H groups in total. The Bertz CT molecular complexity index is 694. The van der Waals surface area contributed by atoms with Gasteiger partial charge in [-0.05, 0) is 36.8 Å². The van der Waals surface area contributed by atoms with Crippen LogP contribution in [-0.2, 0) is 16.1 Å². The van der Waals surface area contributed by atoms with Crippen molar-refractivity contribution >= 4 is 17.5 Å². The third kappa shape index (κ3) is 2.95. The monoisotopic (exact) mass is 300 g/mol. The summed E-state index contributed by atoms with van der Waals surface area (Å²) >= 11 is 0. The first-order chi connectivity index (χ1) is 10.6. The van der Waals surface area contributed by atoms with E-state index in [0.29, 0.717) is 23.7 Å². The highest BCUT2D eigenvalue weighted by atomic mass is 16.5. The number of anilines is 1. The normalized spacial score (nSPS) is 13.5. The molecule has 0 aliphatic carbocycles. The van der Waals surface area contributed by atoms with Crippen LogP contribution in [0.2, 0.25) is 0 Å². The van der Waals surface area contributed by atoms with Crippen molar-refractivity contribution in [1.82, 2.24) is 5.32 Å². The summed E-state index contributed by atoms with van der Waals surface area (Å²) in [5.74, 6) is 0.804. The first-order valence-corrected chi connectivity index (χ1v) is 6.96. The summed E-state index contributed by atoms with van der Waals surface area (Å²) < 4.78 is 10.6. The second-order valence-corrected chi connectivity index (χ2v) is 5.10. The third-order valence-corrected chi connectivity index (χ3v) is 3.40. The summed E-state index contributed by atoms with van der Waals surface area (Å²) in [7, 11) is 0. The molecule has 2 aromatic rings. The van der Waals surface area contributed by atoms with Crippen LogP contribution >= 0.6 is 0 Å². The maximum absolute atomic E-state index is 12.0. The molecule has 0 radical (unpaired) electrons. The van der Waals surface area contributed by atoms with E-state index in [1.165, 1.54) is 4.90 Å². The van der Waals surface area contributed by atoms with Gasteiger partial charge in [-0.1, -0.05) is 6.07 Å². The van der Waals surface area contributed by atoms with Crippen LogP contribution in [0, 0.1) is 6.92 Å². The number of benzene rings is 1. The molecular formula is C16H16N2O4. The van der Waals surface area contributed by atoms with E-state index in [1.807, 2.05) is 19.1 Å². The van der Waals surface area contributed by atoms with Gasteiger partial charge in [0.2, 0.25) is 5.91 Å². The summed E-state index contributed by atoms with van der Waals surface area (Å²) in [6, 6.07) is 9.06. The lowest BCUT2D eigenvalue weighted by Crippen LogP contribution is -2.45. The molecule has 6 nitrogen and oxygen atoms in total. The number of carbonyl (C=O) groups is 2. The Morgan fingerprint density at radius 1 is 1.36 bits per heavy atom. The molecule has 1 aromatic carbocycles. The highest BCUT2D eigenvalue weighted by Gasteiger charge is 2.27. The zero-order valence-electron chi connectivity index (χ0n) is 12.2. The lowest BCUT2D eigenvalue weighted by molar-refractivity contribution is -0.125. The average molecular weight is 300 g/mol. The zero-order valence-corrected chi connectivity index (χ0v) is 12.2. The molecule has 1 aromatic heterocycles. The quantitative estimate of drug-likeness (QED) is 0.931. The molecule has 0 bridgehead atoms. The van der Waals surface area contributed by atoms with Gasteiger partial charge in [0.05, 0.1) is 18.5 Å². The van der Waals surface area contributed by atoms with Crippen molar-refractivity contribution in [1.29, 1.82) is 0 Å². The number of hydrogen-bond acceptors (Lipinski definition) is 4. The van der Waals surface area contributed by atoms with Crippen molar-refractivity contribution in [3.63, 3.8) is 0 Å². The second-order valence-electron chi connectivity index (χ2n) is 5.10. The highest BCUT2D eigenvalue weighted by Crippen LogP contribution is 2.32. The van der Waals surface area contributed by atoms with Crippen LogP contribution in [0.25, 0.3) is 0 Å². The second kappa shape index (κ2) is 5.93. The van der Waals surface area contributed by atoms with E-state index in [9.17, 15) is 9.59 Å². The van der Waals surface area contributed by atoms with Crippen molar-refractivity contribution in [2.45, 2.75) is 13.5 Å². The Kier molecular flexibility index (Phi) is 3.82. The Balaban J connectivity index is 1.69. The first kappa shape index (κ1) is 14.2. The molecule has 0 fully saturated rings. The lowest BCUT2D eigenvalue weighted by atomic mass is 10.1. The minimum atomic E-state index is -0.252. The maximum atomic E-state index is 12.0. The van der Waals surface area contributed by atoms with Gasteiger partial charge >= 0.3 is 0 Å². The number of aryl methyl sites for hydroxylation is 1. The lowest BCUT2D eigenvalue weighted by Gasteiger charge is -2.29. The van der Waals surface area contributed by atoms with E-state index in [4.69, 9.17) is 9.15 Å². The van der Waals surface area contributed by atoms with Crippen LogP contribution in [0.4, 0.5) is 5.69 Å². The van der Waals surface area contributed by atoms with E-state index in [1.54, 1.807) is 24.5 Å². The Hall–Kier alpha value is -2.76. The molecule has 2 amide bonds. The van der Waals surface area contributed by atoms with Gasteiger partial charge in [-0.25, -0.2) is 0 Å². The molecule has 0 atom stereocenters. The Labute approximate surface area is 127 Å². The molecule has 3 rings (SSSR count). The molecule has 0 unspecified atom stereocenters. The fourth-order valence-electron chi connectivity index (χ4n) is 2.28. The largest absolute Gasteiger partial charge is 0.482 e. The maximum Gasteiger partial charge on any atom is 0.265 e. The predicted molar refractivity (Wildman–Crippen MR) is 79.6 cm³/mol. The van der Waals surface area contributed by atoms with Gasteiger partial charge < -0.3 is 14.5 Å². The summed E-state index contributed by atoms with van der Waals surface area (Å²) in [6.45, 7) is 2.15. The van der Waals surface area contributed by atoms with Crippen LogP contribution in [0.3, 0.4) is 0 Å². The Morgan fingerprint density at radius 2 is 2.23 bits per heavy atom. The predicted octanol–water partition coefficient (Wildman–Crippen LogP) is 1.63. The molecule has 2 heterocycles. The fourth-order valence-corrected chi connectivity index (χ4v) is 2.28. The molecule has 22 heavy (non-hydrogen) atoms. The third-order valence-electron chi connectivity index (χ3n) is 3.40. The van der Waals surface area contributed by atoms with E-state index < -0.39 is 0 Å². The van der Waals surface area contributed by atoms with E-state index >= 15 is 0 Å². The standard InChI is InChI=1S/C16H16N2O4/c1-11-4-5-13-14(7-11)22-10-16(20)18(13)9-15(19)17-8-12-3-2-6-21-12/h2-7H,8-10H2,1H3,(H,17,19).